The van der Waals surface area contributed by atoms with Gasteiger partial charge in [-0.2, -0.15) is 5.26 Å². The molecule has 0 aromatic heterocycles. The third-order valence-electron chi connectivity index (χ3n) is 1.17. The molecule has 1 nitrogen and oxygen atoms in total. The molecule has 0 bridgehead atoms. The highest BCUT2D eigenvalue weighted by Gasteiger charge is 1.87. The number of nitriles is 1. The van der Waals surface area contributed by atoms with E-state index < -0.39 is 0 Å². The monoisotopic (exact) mass is 129 g/mol. The van der Waals surface area contributed by atoms with Gasteiger partial charge in [0.15, 0.2) is 0 Å². The molecule has 0 atom stereocenters. The Morgan fingerprint density at radius 3 is 2.33 bits per heavy atom. The Hall–Kier alpha value is -0.580. The van der Waals surface area contributed by atoms with Crippen LogP contribution in [0.2, 0.25) is 0 Å². The van der Waals surface area contributed by atoms with Gasteiger partial charge in [0.25, 0.3) is 0 Å². The van der Waals surface area contributed by atoms with E-state index in [0.29, 0.717) is 12.8 Å². The Balaban J connectivity index is 2.69. The zero-order valence-corrected chi connectivity index (χ0v) is 5.57. The van der Waals surface area contributed by atoms with Crippen LogP contribution in [0.5, 0.6) is 0 Å². The molecule has 0 aliphatic carbocycles. The lowest BCUT2D eigenvalue weighted by molar-refractivity contribution is 0.454. The number of alkyl halides is 1. The van der Waals surface area contributed by atoms with Gasteiger partial charge in [0.05, 0.1) is 12.7 Å². The largest absolute Gasteiger partial charge is 0.251 e. The fourth-order valence-corrected chi connectivity index (χ4v) is 0.652. The predicted molar refractivity (Wildman–Crippen MR) is 34.7 cm³/mol. The number of unbranched alkanes of at least 4 members (excludes halogenated alkanes) is 4. The molecule has 0 aliphatic rings. The Bertz CT molecular complexity index is 85.4. The van der Waals surface area contributed by atoms with Gasteiger partial charge >= 0.3 is 0 Å². The molecular weight excluding hydrogens is 117 g/mol. The second-order valence-electron chi connectivity index (χ2n) is 2.01. The van der Waals surface area contributed by atoms with Crippen molar-refractivity contribution < 1.29 is 4.39 Å². The molecule has 52 valence electrons. The van der Waals surface area contributed by atoms with Crippen molar-refractivity contribution in [1.82, 2.24) is 0 Å². The number of halogens is 1. The summed E-state index contributed by atoms with van der Waals surface area (Å²) in [6, 6.07) is 2.05. The molecule has 0 aliphatic heterocycles. The molecule has 0 unspecified atom stereocenters. The van der Waals surface area contributed by atoms with Gasteiger partial charge in [-0.3, -0.25) is 4.39 Å². The van der Waals surface area contributed by atoms with Crippen molar-refractivity contribution in [2.75, 3.05) is 6.67 Å². The van der Waals surface area contributed by atoms with Gasteiger partial charge in [-0.25, -0.2) is 0 Å². The van der Waals surface area contributed by atoms with Crippen molar-refractivity contribution in [3.63, 3.8) is 0 Å². The SMILES string of the molecule is N#CCCCCCCF. The summed E-state index contributed by atoms with van der Waals surface area (Å²) in [4.78, 5) is 0. The van der Waals surface area contributed by atoms with Gasteiger partial charge in [-0.05, 0) is 12.8 Å². The van der Waals surface area contributed by atoms with E-state index in [9.17, 15) is 4.39 Å². The van der Waals surface area contributed by atoms with Crippen LogP contribution in [-0.4, -0.2) is 6.67 Å². The Morgan fingerprint density at radius 1 is 1.11 bits per heavy atom. The second kappa shape index (κ2) is 7.42. The average molecular weight is 129 g/mol. The molecular formula is C7H12FN. The normalized spacial score (nSPS) is 8.89. The van der Waals surface area contributed by atoms with Crippen molar-refractivity contribution >= 4 is 0 Å². The van der Waals surface area contributed by atoms with Crippen LogP contribution in [0.3, 0.4) is 0 Å². The smallest absolute Gasteiger partial charge is 0.0894 e. The highest BCUT2D eigenvalue weighted by Crippen LogP contribution is 2.01. The minimum atomic E-state index is -0.216. The van der Waals surface area contributed by atoms with E-state index in [1.807, 2.05) is 0 Å². The Kier molecular flexibility index (Phi) is 6.94. The molecule has 0 heterocycles. The molecule has 0 saturated carbocycles. The fourth-order valence-electron chi connectivity index (χ4n) is 0.652. The summed E-state index contributed by atoms with van der Waals surface area (Å²) in [6.45, 7) is -0.216. The molecule has 0 amide bonds. The average Bonchev–Trinajstić information content (AvgIpc) is 1.89. The lowest BCUT2D eigenvalue weighted by Crippen LogP contribution is -1.78. The zero-order chi connectivity index (χ0) is 6.95. The van der Waals surface area contributed by atoms with Crippen molar-refractivity contribution in [3.05, 3.63) is 0 Å². The lowest BCUT2D eigenvalue weighted by atomic mass is 10.2. The van der Waals surface area contributed by atoms with Gasteiger partial charge in [-0.1, -0.05) is 12.8 Å². The van der Waals surface area contributed by atoms with E-state index >= 15 is 0 Å². The first-order chi connectivity index (χ1) is 4.41. The Labute approximate surface area is 55.5 Å². The van der Waals surface area contributed by atoms with Crippen LogP contribution >= 0.6 is 0 Å². The standard InChI is InChI=1S/C7H12FN/c8-6-4-2-1-3-5-7-9/h1-6H2. The molecule has 0 spiro atoms. The summed E-state index contributed by atoms with van der Waals surface area (Å²) in [5, 5.41) is 8.10. The summed E-state index contributed by atoms with van der Waals surface area (Å²) in [5.41, 5.74) is 0. The zero-order valence-electron chi connectivity index (χ0n) is 5.57. The third-order valence-corrected chi connectivity index (χ3v) is 1.17. The minimum Gasteiger partial charge on any atom is -0.251 e. The van der Waals surface area contributed by atoms with Crippen molar-refractivity contribution in [2.45, 2.75) is 32.1 Å². The van der Waals surface area contributed by atoms with E-state index in [0.717, 1.165) is 19.3 Å². The van der Waals surface area contributed by atoms with E-state index in [4.69, 9.17) is 5.26 Å². The number of nitrogens with zero attached hydrogens (tertiary/aromatic N) is 1. The van der Waals surface area contributed by atoms with Gasteiger partial charge in [0, 0.05) is 6.42 Å². The summed E-state index contributed by atoms with van der Waals surface area (Å²) in [7, 11) is 0. The van der Waals surface area contributed by atoms with Crippen molar-refractivity contribution in [1.29, 1.82) is 5.26 Å². The minimum absolute atomic E-state index is 0.216. The number of hydrogen-bond donors (Lipinski definition) is 0. The molecule has 9 heavy (non-hydrogen) atoms. The first-order valence-corrected chi connectivity index (χ1v) is 3.34. The number of rotatable bonds is 5. The first kappa shape index (κ1) is 8.42. The highest BCUT2D eigenvalue weighted by atomic mass is 19.1. The summed E-state index contributed by atoms with van der Waals surface area (Å²) in [6.07, 6.45) is 4.13. The van der Waals surface area contributed by atoms with E-state index in [1.54, 1.807) is 0 Å². The summed E-state index contributed by atoms with van der Waals surface area (Å²) < 4.78 is 11.4. The molecule has 0 N–H and O–H groups in total. The van der Waals surface area contributed by atoms with Gasteiger partial charge < -0.3 is 0 Å². The molecule has 0 aromatic carbocycles. The third kappa shape index (κ3) is 7.42. The maximum absolute atomic E-state index is 11.4. The van der Waals surface area contributed by atoms with E-state index in [-0.39, 0.29) is 6.67 Å². The highest BCUT2D eigenvalue weighted by molar-refractivity contribution is 4.67. The fraction of sp³-hybridized carbons (Fsp3) is 0.857. The van der Waals surface area contributed by atoms with Gasteiger partial charge in [-0.15, -0.1) is 0 Å². The quantitative estimate of drug-likeness (QED) is 0.523. The second-order valence-corrected chi connectivity index (χ2v) is 2.01. The molecule has 0 fully saturated rings. The van der Waals surface area contributed by atoms with E-state index in [2.05, 4.69) is 6.07 Å². The van der Waals surface area contributed by atoms with Crippen LogP contribution in [0, 0.1) is 11.3 Å². The van der Waals surface area contributed by atoms with Crippen molar-refractivity contribution in [3.8, 4) is 6.07 Å². The summed E-state index contributed by atoms with van der Waals surface area (Å²) >= 11 is 0. The number of hydrogen-bond acceptors (Lipinski definition) is 1. The summed E-state index contributed by atoms with van der Waals surface area (Å²) in [5.74, 6) is 0. The Morgan fingerprint density at radius 2 is 1.78 bits per heavy atom. The molecule has 0 saturated heterocycles. The van der Waals surface area contributed by atoms with Gasteiger partial charge in [0.1, 0.15) is 0 Å². The van der Waals surface area contributed by atoms with Crippen LogP contribution in [0.4, 0.5) is 4.39 Å². The molecule has 0 radical (unpaired) electrons. The first-order valence-electron chi connectivity index (χ1n) is 3.34. The maximum atomic E-state index is 11.4. The van der Waals surface area contributed by atoms with Crippen LogP contribution in [-0.2, 0) is 0 Å². The maximum Gasteiger partial charge on any atom is 0.0894 e. The predicted octanol–water partition coefficient (Wildman–Crippen LogP) is 2.43. The van der Waals surface area contributed by atoms with Crippen LogP contribution in [0.1, 0.15) is 32.1 Å². The van der Waals surface area contributed by atoms with E-state index in [1.165, 1.54) is 0 Å². The molecule has 2 heteroatoms. The van der Waals surface area contributed by atoms with Crippen LogP contribution in [0.25, 0.3) is 0 Å². The van der Waals surface area contributed by atoms with Crippen LogP contribution < -0.4 is 0 Å². The van der Waals surface area contributed by atoms with Crippen molar-refractivity contribution in [2.24, 2.45) is 0 Å². The van der Waals surface area contributed by atoms with Gasteiger partial charge in [0.2, 0.25) is 0 Å². The topological polar surface area (TPSA) is 23.8 Å². The lowest BCUT2D eigenvalue weighted by Gasteiger charge is -1.91. The molecule has 0 rings (SSSR count). The van der Waals surface area contributed by atoms with Crippen LogP contribution in [0.15, 0.2) is 0 Å². The molecule has 0 aromatic rings.